The predicted molar refractivity (Wildman–Crippen MR) is 90.1 cm³/mol. The summed E-state index contributed by atoms with van der Waals surface area (Å²) in [5.41, 5.74) is 2.72. The Balaban J connectivity index is 2.16. The van der Waals surface area contributed by atoms with E-state index in [4.69, 9.17) is 4.74 Å². The normalized spacial score (nSPS) is 13.2. The number of carbonyl (C=O) groups excluding carboxylic acids is 1. The molecule has 3 rings (SSSR count). The van der Waals surface area contributed by atoms with Gasteiger partial charge in [0.2, 0.25) is 0 Å². The average Bonchev–Trinajstić information content (AvgIpc) is 3.04. The molecule has 1 N–H and O–H groups in total. The van der Waals surface area contributed by atoms with Crippen molar-refractivity contribution in [2.24, 2.45) is 5.92 Å². The molecule has 0 radical (unpaired) electrons. The van der Waals surface area contributed by atoms with Crippen LogP contribution in [-0.4, -0.2) is 22.5 Å². The lowest BCUT2D eigenvalue weighted by Crippen LogP contribution is -2.24. The van der Waals surface area contributed by atoms with E-state index in [2.05, 4.69) is 16.0 Å². The van der Waals surface area contributed by atoms with Crippen molar-refractivity contribution in [2.45, 2.75) is 12.8 Å². The summed E-state index contributed by atoms with van der Waals surface area (Å²) in [5, 5.41) is 10.6. The highest BCUT2D eigenvalue weighted by Crippen LogP contribution is 2.36. The fourth-order valence-electron chi connectivity index (χ4n) is 2.97. The number of nitrogens with one attached hydrogen (secondary N) is 1. The average molecular weight is 319 g/mol. The van der Waals surface area contributed by atoms with Crippen molar-refractivity contribution in [2.75, 3.05) is 6.61 Å². The van der Waals surface area contributed by atoms with Crippen LogP contribution in [0.3, 0.4) is 0 Å². The number of fused-ring (bicyclic) bond motifs is 1. The number of aromatic amines is 1. The number of rotatable bonds is 5. The van der Waals surface area contributed by atoms with E-state index in [0.717, 1.165) is 22.0 Å². The van der Waals surface area contributed by atoms with Crippen LogP contribution in [0, 0.1) is 17.2 Å². The Labute approximate surface area is 139 Å². The van der Waals surface area contributed by atoms with Gasteiger partial charge >= 0.3 is 5.97 Å². The molecule has 0 saturated carbocycles. The van der Waals surface area contributed by atoms with Crippen molar-refractivity contribution in [3.63, 3.8) is 0 Å². The van der Waals surface area contributed by atoms with Gasteiger partial charge in [0, 0.05) is 35.4 Å². The van der Waals surface area contributed by atoms with Crippen LogP contribution in [0.1, 0.15) is 24.0 Å². The monoisotopic (exact) mass is 319 g/mol. The Morgan fingerprint density at radius 2 is 2.04 bits per heavy atom. The van der Waals surface area contributed by atoms with E-state index >= 15 is 0 Å². The Morgan fingerprint density at radius 3 is 2.75 bits per heavy atom. The number of H-pyrrole nitrogens is 1. The van der Waals surface area contributed by atoms with Gasteiger partial charge in [0.1, 0.15) is 0 Å². The molecule has 1 aromatic carbocycles. The van der Waals surface area contributed by atoms with Crippen molar-refractivity contribution in [1.82, 2.24) is 9.97 Å². The number of para-hydroxylation sites is 1. The van der Waals surface area contributed by atoms with Crippen LogP contribution in [0.2, 0.25) is 0 Å². The number of nitriles is 1. The van der Waals surface area contributed by atoms with Crippen LogP contribution < -0.4 is 0 Å². The Hall–Kier alpha value is -3.13. The van der Waals surface area contributed by atoms with Gasteiger partial charge in [0.25, 0.3) is 0 Å². The van der Waals surface area contributed by atoms with Crippen molar-refractivity contribution in [1.29, 1.82) is 5.26 Å². The Morgan fingerprint density at radius 1 is 1.29 bits per heavy atom. The molecule has 3 aromatic rings. The number of carbonyl (C=O) groups is 1. The zero-order valence-electron chi connectivity index (χ0n) is 13.3. The molecular weight excluding hydrogens is 302 g/mol. The highest BCUT2D eigenvalue weighted by Gasteiger charge is 2.33. The molecule has 2 unspecified atom stereocenters. The Bertz CT molecular complexity index is 880. The molecule has 0 bridgehead atoms. The molecule has 0 aliphatic rings. The third-order valence-corrected chi connectivity index (χ3v) is 4.03. The lowest BCUT2D eigenvalue weighted by molar-refractivity contribution is -0.146. The van der Waals surface area contributed by atoms with Crippen LogP contribution in [0.4, 0.5) is 0 Å². The van der Waals surface area contributed by atoms with Crippen molar-refractivity contribution >= 4 is 16.9 Å². The van der Waals surface area contributed by atoms with E-state index in [0.29, 0.717) is 0 Å². The van der Waals surface area contributed by atoms with E-state index in [1.54, 1.807) is 19.3 Å². The molecule has 2 atom stereocenters. The predicted octanol–water partition coefficient (Wildman–Crippen LogP) is 3.40. The molecular formula is C19H17N3O2. The molecule has 5 nitrogen and oxygen atoms in total. The van der Waals surface area contributed by atoms with E-state index in [9.17, 15) is 10.1 Å². The van der Waals surface area contributed by atoms with E-state index in [-0.39, 0.29) is 6.61 Å². The van der Waals surface area contributed by atoms with E-state index in [1.165, 1.54) is 0 Å². The maximum Gasteiger partial charge on any atom is 0.324 e. The summed E-state index contributed by atoms with van der Waals surface area (Å²) in [6.45, 7) is 1.98. The minimum atomic E-state index is -0.924. The molecule has 24 heavy (non-hydrogen) atoms. The number of benzene rings is 1. The SMILES string of the molecule is CCOC(=O)C(C#N)C(c1ccncc1)c1c[nH]c2ccccc12. The minimum Gasteiger partial charge on any atom is -0.465 e. The molecule has 0 fully saturated rings. The smallest absolute Gasteiger partial charge is 0.324 e. The number of pyridine rings is 1. The van der Waals surface area contributed by atoms with Gasteiger partial charge in [-0.15, -0.1) is 0 Å². The lowest BCUT2D eigenvalue weighted by Gasteiger charge is -2.21. The highest BCUT2D eigenvalue weighted by atomic mass is 16.5. The second kappa shape index (κ2) is 6.97. The summed E-state index contributed by atoms with van der Waals surface area (Å²) >= 11 is 0. The summed E-state index contributed by atoms with van der Waals surface area (Å²) in [7, 11) is 0. The zero-order valence-corrected chi connectivity index (χ0v) is 13.3. The van der Waals surface area contributed by atoms with Crippen molar-refractivity contribution < 1.29 is 9.53 Å². The van der Waals surface area contributed by atoms with Crippen LogP contribution in [0.25, 0.3) is 10.9 Å². The van der Waals surface area contributed by atoms with Crippen molar-refractivity contribution in [3.8, 4) is 6.07 Å². The molecule has 0 aliphatic carbocycles. The second-order valence-electron chi connectivity index (χ2n) is 5.41. The first-order chi connectivity index (χ1) is 11.8. The first-order valence-electron chi connectivity index (χ1n) is 7.78. The van der Waals surface area contributed by atoms with Crippen LogP contribution in [-0.2, 0) is 9.53 Å². The highest BCUT2D eigenvalue weighted by molar-refractivity contribution is 5.86. The fourth-order valence-corrected chi connectivity index (χ4v) is 2.97. The van der Waals surface area contributed by atoms with Gasteiger partial charge in [-0.3, -0.25) is 9.78 Å². The van der Waals surface area contributed by atoms with Crippen LogP contribution in [0.15, 0.2) is 55.0 Å². The number of esters is 1. The van der Waals surface area contributed by atoms with Gasteiger partial charge in [-0.2, -0.15) is 5.26 Å². The van der Waals surface area contributed by atoms with Crippen LogP contribution in [0.5, 0.6) is 0 Å². The molecule has 0 saturated heterocycles. The number of aromatic nitrogens is 2. The van der Waals surface area contributed by atoms with Gasteiger partial charge in [0.15, 0.2) is 5.92 Å². The second-order valence-corrected chi connectivity index (χ2v) is 5.41. The zero-order chi connectivity index (χ0) is 16.9. The molecule has 0 amide bonds. The van der Waals surface area contributed by atoms with Gasteiger partial charge in [-0.05, 0) is 36.2 Å². The van der Waals surface area contributed by atoms with Crippen LogP contribution >= 0.6 is 0 Å². The third-order valence-electron chi connectivity index (χ3n) is 4.03. The number of hydrogen-bond acceptors (Lipinski definition) is 4. The van der Waals surface area contributed by atoms with Gasteiger partial charge in [0.05, 0.1) is 12.7 Å². The summed E-state index contributed by atoms with van der Waals surface area (Å²) in [6, 6.07) is 13.6. The van der Waals surface area contributed by atoms with Crippen molar-refractivity contribution in [3.05, 3.63) is 66.1 Å². The quantitative estimate of drug-likeness (QED) is 0.731. The number of nitrogens with zero attached hydrogens (tertiary/aromatic N) is 2. The molecule has 2 aromatic heterocycles. The summed E-state index contributed by atoms with van der Waals surface area (Å²) in [5.74, 6) is -1.85. The Kier molecular flexibility index (Phi) is 4.57. The molecule has 120 valence electrons. The first kappa shape index (κ1) is 15.8. The summed E-state index contributed by atoms with van der Waals surface area (Å²) < 4.78 is 5.12. The standard InChI is InChI=1S/C19H17N3O2/c1-2-24-19(23)15(11-20)18(13-7-9-21-10-8-13)16-12-22-17-6-4-3-5-14(16)17/h3-10,12,15,18,22H,2H2,1H3. The topological polar surface area (TPSA) is 78.8 Å². The van der Waals surface area contributed by atoms with E-state index < -0.39 is 17.8 Å². The fraction of sp³-hybridized carbons (Fsp3) is 0.211. The minimum absolute atomic E-state index is 0.244. The van der Waals surface area contributed by atoms with Gasteiger partial charge in [-0.1, -0.05) is 18.2 Å². The maximum absolute atomic E-state index is 12.3. The summed E-state index contributed by atoms with van der Waals surface area (Å²) in [4.78, 5) is 19.6. The maximum atomic E-state index is 12.3. The molecule has 2 heterocycles. The largest absolute Gasteiger partial charge is 0.465 e. The first-order valence-corrected chi connectivity index (χ1v) is 7.78. The molecule has 0 aliphatic heterocycles. The number of ether oxygens (including phenoxy) is 1. The van der Waals surface area contributed by atoms with Gasteiger partial charge in [-0.25, -0.2) is 0 Å². The lowest BCUT2D eigenvalue weighted by atomic mass is 9.81. The van der Waals surface area contributed by atoms with Gasteiger partial charge < -0.3 is 9.72 Å². The van der Waals surface area contributed by atoms with E-state index in [1.807, 2.05) is 42.6 Å². The third kappa shape index (κ3) is 2.86. The number of hydrogen-bond donors (Lipinski definition) is 1. The molecule has 5 heteroatoms. The molecule has 0 spiro atoms. The summed E-state index contributed by atoms with van der Waals surface area (Å²) in [6.07, 6.45) is 5.19.